The van der Waals surface area contributed by atoms with Gasteiger partial charge in [0.2, 0.25) is 6.20 Å². The number of hydrogen-bond acceptors (Lipinski definition) is 4. The average molecular weight is 438 g/mol. The SMILES string of the molecule is N#Cc1ccccc1COc1c(Br)cc(/C=C/[N+](=O)[O-])cc1Br. The first-order valence-corrected chi connectivity index (χ1v) is 8.01. The average Bonchev–Trinajstić information content (AvgIpc) is 2.52. The molecular formula is C16H10Br2N2O3. The fourth-order valence-corrected chi connectivity index (χ4v) is 3.32. The highest BCUT2D eigenvalue weighted by atomic mass is 79.9. The van der Waals surface area contributed by atoms with Crippen molar-refractivity contribution in [3.8, 4) is 11.8 Å². The van der Waals surface area contributed by atoms with E-state index in [0.717, 1.165) is 11.8 Å². The molecule has 0 aliphatic rings. The Balaban J connectivity index is 2.21. The topological polar surface area (TPSA) is 76.2 Å². The highest BCUT2D eigenvalue weighted by Gasteiger charge is 2.10. The number of ether oxygens (including phenoxy) is 1. The van der Waals surface area contributed by atoms with Crippen molar-refractivity contribution in [2.75, 3.05) is 0 Å². The van der Waals surface area contributed by atoms with E-state index in [9.17, 15) is 10.1 Å². The summed E-state index contributed by atoms with van der Waals surface area (Å²) in [7, 11) is 0. The lowest BCUT2D eigenvalue weighted by atomic mass is 10.1. The predicted octanol–water partition coefficient (Wildman–Crippen LogP) is 4.91. The Morgan fingerprint density at radius 1 is 1.26 bits per heavy atom. The lowest BCUT2D eigenvalue weighted by molar-refractivity contribution is -0.400. The van der Waals surface area contributed by atoms with Crippen LogP contribution in [0.3, 0.4) is 0 Å². The van der Waals surface area contributed by atoms with Crippen molar-refractivity contribution >= 4 is 37.9 Å². The van der Waals surface area contributed by atoms with Crippen molar-refractivity contribution in [3.05, 3.63) is 78.3 Å². The summed E-state index contributed by atoms with van der Waals surface area (Å²) in [5, 5.41) is 19.5. The molecule has 5 nitrogen and oxygen atoms in total. The second-order valence-corrected chi connectivity index (χ2v) is 6.18. The van der Waals surface area contributed by atoms with E-state index in [2.05, 4.69) is 37.9 Å². The number of nitriles is 1. The number of nitro groups is 1. The molecule has 0 fully saturated rings. The Bertz CT molecular complexity index is 790. The minimum absolute atomic E-state index is 0.241. The molecule has 0 bridgehead atoms. The van der Waals surface area contributed by atoms with Crippen molar-refractivity contribution < 1.29 is 9.66 Å². The van der Waals surface area contributed by atoms with Gasteiger partial charge in [0.1, 0.15) is 12.4 Å². The number of hydrogen-bond donors (Lipinski definition) is 0. The van der Waals surface area contributed by atoms with Gasteiger partial charge in [-0.25, -0.2) is 0 Å². The van der Waals surface area contributed by atoms with Gasteiger partial charge in [-0.3, -0.25) is 10.1 Å². The summed E-state index contributed by atoms with van der Waals surface area (Å²) >= 11 is 6.78. The summed E-state index contributed by atoms with van der Waals surface area (Å²) < 4.78 is 7.09. The van der Waals surface area contributed by atoms with Gasteiger partial charge >= 0.3 is 0 Å². The monoisotopic (exact) mass is 436 g/mol. The van der Waals surface area contributed by atoms with Crippen LogP contribution in [0, 0.1) is 21.4 Å². The van der Waals surface area contributed by atoms with E-state index in [4.69, 9.17) is 10.00 Å². The van der Waals surface area contributed by atoms with Crippen LogP contribution in [0.15, 0.2) is 51.5 Å². The molecule has 116 valence electrons. The first-order valence-electron chi connectivity index (χ1n) is 6.43. The quantitative estimate of drug-likeness (QED) is 0.491. The third-order valence-corrected chi connectivity index (χ3v) is 4.10. The van der Waals surface area contributed by atoms with Crippen LogP contribution in [0.1, 0.15) is 16.7 Å². The lowest BCUT2D eigenvalue weighted by Crippen LogP contribution is -1.99. The summed E-state index contributed by atoms with van der Waals surface area (Å²) in [6, 6.07) is 12.8. The van der Waals surface area contributed by atoms with Crippen molar-refractivity contribution in [1.82, 2.24) is 0 Å². The molecule has 0 unspecified atom stereocenters. The van der Waals surface area contributed by atoms with E-state index in [1.54, 1.807) is 24.3 Å². The van der Waals surface area contributed by atoms with E-state index in [1.165, 1.54) is 6.08 Å². The summed E-state index contributed by atoms with van der Waals surface area (Å²) in [6.45, 7) is 0.241. The van der Waals surface area contributed by atoms with Gasteiger partial charge in [0.05, 0.1) is 25.5 Å². The van der Waals surface area contributed by atoms with Crippen molar-refractivity contribution in [3.63, 3.8) is 0 Å². The molecule has 0 atom stereocenters. The van der Waals surface area contributed by atoms with Gasteiger partial charge in [0.15, 0.2) is 0 Å². The van der Waals surface area contributed by atoms with E-state index in [1.807, 2.05) is 12.1 Å². The van der Waals surface area contributed by atoms with Crippen molar-refractivity contribution in [2.45, 2.75) is 6.61 Å². The van der Waals surface area contributed by atoms with Crippen LogP contribution < -0.4 is 4.74 Å². The fraction of sp³-hybridized carbons (Fsp3) is 0.0625. The van der Waals surface area contributed by atoms with Crippen LogP contribution in [0.2, 0.25) is 0 Å². The zero-order chi connectivity index (χ0) is 16.8. The molecule has 0 aliphatic carbocycles. The van der Waals surface area contributed by atoms with Crippen LogP contribution in [0.5, 0.6) is 5.75 Å². The first-order chi connectivity index (χ1) is 11.0. The molecule has 23 heavy (non-hydrogen) atoms. The van der Waals surface area contributed by atoms with E-state index in [-0.39, 0.29) is 6.61 Å². The Morgan fingerprint density at radius 3 is 2.52 bits per heavy atom. The smallest absolute Gasteiger partial charge is 0.235 e. The lowest BCUT2D eigenvalue weighted by Gasteiger charge is -2.12. The van der Waals surface area contributed by atoms with Crippen molar-refractivity contribution in [2.24, 2.45) is 0 Å². The molecular weight excluding hydrogens is 428 g/mol. The van der Waals surface area contributed by atoms with Gasteiger partial charge in [-0.1, -0.05) is 18.2 Å². The molecule has 0 aromatic heterocycles. The molecule has 0 amide bonds. The normalized spacial score (nSPS) is 10.5. The van der Waals surface area contributed by atoms with Crippen LogP contribution in [0.25, 0.3) is 6.08 Å². The largest absolute Gasteiger partial charge is 0.486 e. The number of halogens is 2. The number of nitrogens with zero attached hydrogens (tertiary/aromatic N) is 2. The summed E-state index contributed by atoms with van der Waals surface area (Å²) in [6.07, 6.45) is 2.27. The van der Waals surface area contributed by atoms with E-state index in [0.29, 0.717) is 25.8 Å². The summed E-state index contributed by atoms with van der Waals surface area (Å²) in [5.41, 5.74) is 2.00. The van der Waals surface area contributed by atoms with Crippen LogP contribution in [0.4, 0.5) is 0 Å². The maximum absolute atomic E-state index is 10.4. The molecule has 2 aromatic carbocycles. The molecule has 0 radical (unpaired) electrons. The van der Waals surface area contributed by atoms with E-state index >= 15 is 0 Å². The first kappa shape index (κ1) is 17.2. The standard InChI is InChI=1S/C16H10Br2N2O3/c17-14-7-11(5-6-20(21)22)8-15(18)16(14)23-10-13-4-2-1-3-12(13)9-19/h1-8H,10H2/b6-5+. The van der Waals surface area contributed by atoms with Gasteiger partial charge in [0.25, 0.3) is 0 Å². The second-order valence-electron chi connectivity index (χ2n) is 4.47. The van der Waals surface area contributed by atoms with Gasteiger partial charge in [0, 0.05) is 11.6 Å². The third kappa shape index (κ3) is 4.65. The van der Waals surface area contributed by atoms with E-state index < -0.39 is 4.92 Å². The minimum atomic E-state index is -0.523. The van der Waals surface area contributed by atoms with Crippen LogP contribution in [-0.2, 0) is 6.61 Å². The van der Waals surface area contributed by atoms with Crippen LogP contribution in [-0.4, -0.2) is 4.92 Å². The maximum Gasteiger partial charge on any atom is 0.235 e. The molecule has 0 saturated heterocycles. The minimum Gasteiger partial charge on any atom is -0.486 e. The fourth-order valence-electron chi connectivity index (χ4n) is 1.87. The molecule has 0 spiro atoms. The maximum atomic E-state index is 10.4. The number of benzene rings is 2. The Morgan fingerprint density at radius 2 is 1.91 bits per heavy atom. The second kappa shape index (κ2) is 7.90. The molecule has 0 heterocycles. The molecule has 0 N–H and O–H groups in total. The Labute approximate surface area is 149 Å². The Kier molecular flexibility index (Phi) is 5.90. The molecule has 0 aliphatic heterocycles. The Hall–Kier alpha value is -2.17. The highest BCUT2D eigenvalue weighted by Crippen LogP contribution is 2.35. The van der Waals surface area contributed by atoms with Gasteiger partial charge in [-0.05, 0) is 55.6 Å². The number of rotatable bonds is 5. The van der Waals surface area contributed by atoms with Crippen LogP contribution >= 0.6 is 31.9 Å². The summed E-state index contributed by atoms with van der Waals surface area (Å²) in [5.74, 6) is 0.566. The molecule has 2 rings (SSSR count). The summed E-state index contributed by atoms with van der Waals surface area (Å²) in [4.78, 5) is 9.85. The predicted molar refractivity (Wildman–Crippen MR) is 93.4 cm³/mol. The van der Waals surface area contributed by atoms with Gasteiger partial charge in [-0.15, -0.1) is 0 Å². The third-order valence-electron chi connectivity index (χ3n) is 2.92. The zero-order valence-corrected chi connectivity index (χ0v) is 14.9. The van der Waals surface area contributed by atoms with Crippen molar-refractivity contribution in [1.29, 1.82) is 5.26 Å². The molecule has 7 heteroatoms. The van der Waals surface area contributed by atoms with Gasteiger partial charge < -0.3 is 4.74 Å². The molecule has 2 aromatic rings. The van der Waals surface area contributed by atoms with Gasteiger partial charge in [-0.2, -0.15) is 5.26 Å². The molecule has 0 saturated carbocycles. The zero-order valence-electron chi connectivity index (χ0n) is 11.7. The highest BCUT2D eigenvalue weighted by molar-refractivity contribution is 9.11.